The van der Waals surface area contributed by atoms with E-state index in [2.05, 4.69) is 0 Å². The fraction of sp³-hybridized carbons (Fsp3) is 0.154. The molecule has 0 aliphatic carbocycles. The summed E-state index contributed by atoms with van der Waals surface area (Å²) in [6, 6.07) is 10.2. The molecule has 1 aromatic carbocycles. The third kappa shape index (κ3) is 2.49. The molecule has 5 heteroatoms. The Kier molecular flexibility index (Phi) is 3.58. The van der Waals surface area contributed by atoms with Crippen molar-refractivity contribution < 1.29 is 9.21 Å². The maximum absolute atomic E-state index is 12.2. The molecule has 1 heterocycles. The molecule has 0 unspecified atom stereocenters. The molecule has 0 aliphatic rings. The van der Waals surface area contributed by atoms with Gasteiger partial charge in [-0.3, -0.25) is 4.79 Å². The van der Waals surface area contributed by atoms with Crippen LogP contribution in [0.25, 0.3) is 0 Å². The summed E-state index contributed by atoms with van der Waals surface area (Å²) in [6.07, 6.45) is 0. The van der Waals surface area contributed by atoms with Gasteiger partial charge in [0.2, 0.25) is 0 Å². The van der Waals surface area contributed by atoms with E-state index in [9.17, 15) is 4.79 Å². The number of amides is 1. The van der Waals surface area contributed by atoms with Crippen LogP contribution in [0.5, 0.6) is 0 Å². The fourth-order valence-electron chi connectivity index (χ4n) is 1.70. The van der Waals surface area contributed by atoms with Gasteiger partial charge in [-0.15, -0.1) is 0 Å². The maximum atomic E-state index is 12.2. The Bertz CT molecular complexity index is 566. The van der Waals surface area contributed by atoms with Crippen LogP contribution in [-0.4, -0.2) is 12.5 Å². The molecule has 0 aliphatic heterocycles. The van der Waals surface area contributed by atoms with Crippen molar-refractivity contribution in [3.05, 3.63) is 47.4 Å². The molecule has 2 N–H and O–H groups in total. The Morgan fingerprint density at radius 2 is 2.17 bits per heavy atom. The highest BCUT2D eigenvalue weighted by Crippen LogP contribution is 2.21. The minimum absolute atomic E-state index is 0.196. The first-order valence-electron chi connectivity index (χ1n) is 5.54. The fourth-order valence-corrected chi connectivity index (χ4v) is 1.84. The Morgan fingerprint density at radius 1 is 1.39 bits per heavy atom. The van der Waals surface area contributed by atoms with E-state index in [0.29, 0.717) is 12.2 Å². The summed E-state index contributed by atoms with van der Waals surface area (Å²) in [5.74, 6) is -0.0284. The van der Waals surface area contributed by atoms with Crippen molar-refractivity contribution in [2.75, 3.05) is 17.2 Å². The van der Waals surface area contributed by atoms with Gasteiger partial charge in [0.25, 0.3) is 5.91 Å². The second-order valence-corrected chi connectivity index (χ2v) is 4.12. The summed E-state index contributed by atoms with van der Waals surface area (Å²) in [5.41, 5.74) is 7.05. The minimum atomic E-state index is -0.241. The topological polar surface area (TPSA) is 59.5 Å². The first-order valence-corrected chi connectivity index (χ1v) is 5.92. The van der Waals surface area contributed by atoms with E-state index in [1.165, 1.54) is 0 Å². The van der Waals surface area contributed by atoms with Crippen molar-refractivity contribution in [2.45, 2.75) is 6.92 Å². The zero-order chi connectivity index (χ0) is 13.1. The van der Waals surface area contributed by atoms with Gasteiger partial charge in [0.15, 0.2) is 11.0 Å². The Labute approximate surface area is 110 Å². The monoisotopic (exact) mass is 264 g/mol. The van der Waals surface area contributed by atoms with Gasteiger partial charge in [-0.25, -0.2) is 0 Å². The lowest BCUT2D eigenvalue weighted by molar-refractivity contribution is 0.0962. The van der Waals surface area contributed by atoms with Crippen LogP contribution in [-0.2, 0) is 0 Å². The molecule has 1 amide bonds. The molecule has 0 radical (unpaired) electrons. The zero-order valence-corrected chi connectivity index (χ0v) is 10.6. The normalized spacial score (nSPS) is 10.3. The lowest BCUT2D eigenvalue weighted by Crippen LogP contribution is -2.30. The first-order chi connectivity index (χ1) is 8.61. The molecule has 0 atom stereocenters. The summed E-state index contributed by atoms with van der Waals surface area (Å²) in [7, 11) is 0. The van der Waals surface area contributed by atoms with Crippen LogP contribution in [0.2, 0.25) is 5.22 Å². The van der Waals surface area contributed by atoms with Crippen LogP contribution >= 0.6 is 11.6 Å². The number of hydrogen-bond donors (Lipinski definition) is 1. The predicted molar refractivity (Wildman–Crippen MR) is 71.9 cm³/mol. The molecule has 0 fully saturated rings. The van der Waals surface area contributed by atoms with Crippen LogP contribution in [0.3, 0.4) is 0 Å². The molecular weight excluding hydrogens is 252 g/mol. The Balaban J connectivity index is 2.31. The molecule has 1 aromatic heterocycles. The van der Waals surface area contributed by atoms with E-state index >= 15 is 0 Å². The lowest BCUT2D eigenvalue weighted by Gasteiger charge is -2.20. The SMILES string of the molecule is CCN(C(=O)c1ccc(Cl)o1)c1cccc(N)c1. The molecule has 0 bridgehead atoms. The number of nitrogen functional groups attached to an aromatic ring is 1. The summed E-state index contributed by atoms with van der Waals surface area (Å²) in [6.45, 7) is 2.40. The molecule has 0 saturated carbocycles. The highest BCUT2D eigenvalue weighted by molar-refractivity contribution is 6.29. The standard InChI is InChI=1S/C13H13ClN2O2/c1-2-16(10-5-3-4-9(15)8-10)13(17)11-6-7-12(14)18-11/h3-8H,2,15H2,1H3. The lowest BCUT2D eigenvalue weighted by atomic mass is 10.2. The van der Waals surface area contributed by atoms with Crippen molar-refractivity contribution in [1.29, 1.82) is 0 Å². The number of halogens is 1. The number of benzene rings is 1. The first kappa shape index (κ1) is 12.5. The minimum Gasteiger partial charge on any atom is -0.440 e. The van der Waals surface area contributed by atoms with Crippen molar-refractivity contribution in [2.24, 2.45) is 0 Å². The van der Waals surface area contributed by atoms with Crippen molar-refractivity contribution in [1.82, 2.24) is 0 Å². The van der Waals surface area contributed by atoms with Crippen molar-refractivity contribution in [3.63, 3.8) is 0 Å². The maximum Gasteiger partial charge on any atom is 0.294 e. The van der Waals surface area contributed by atoms with E-state index in [-0.39, 0.29) is 16.9 Å². The predicted octanol–water partition coefficient (Wildman–Crippen LogP) is 3.18. The van der Waals surface area contributed by atoms with Gasteiger partial charge < -0.3 is 15.1 Å². The highest BCUT2D eigenvalue weighted by Gasteiger charge is 2.19. The Hall–Kier alpha value is -1.94. The molecular formula is C13H13ClN2O2. The summed E-state index contributed by atoms with van der Waals surface area (Å²) in [5, 5.41) is 0.196. The quantitative estimate of drug-likeness (QED) is 0.866. The molecule has 94 valence electrons. The number of furan rings is 1. The molecule has 2 aromatic rings. The van der Waals surface area contributed by atoms with E-state index in [1.807, 2.05) is 13.0 Å². The second kappa shape index (κ2) is 5.14. The highest BCUT2D eigenvalue weighted by atomic mass is 35.5. The number of nitrogens with two attached hydrogens (primary N) is 1. The smallest absolute Gasteiger partial charge is 0.294 e. The number of carbonyl (C=O) groups is 1. The summed E-state index contributed by atoms with van der Waals surface area (Å²) in [4.78, 5) is 13.8. The number of hydrogen-bond acceptors (Lipinski definition) is 3. The Morgan fingerprint density at radius 3 is 2.72 bits per heavy atom. The number of nitrogens with zero attached hydrogens (tertiary/aromatic N) is 1. The molecule has 0 saturated heterocycles. The number of carbonyl (C=O) groups excluding carboxylic acids is 1. The van der Waals surface area contributed by atoms with Crippen LogP contribution in [0.1, 0.15) is 17.5 Å². The van der Waals surface area contributed by atoms with Crippen LogP contribution in [0.4, 0.5) is 11.4 Å². The average molecular weight is 265 g/mol. The van der Waals surface area contributed by atoms with Gasteiger partial charge in [0.05, 0.1) is 0 Å². The van der Waals surface area contributed by atoms with E-state index in [1.54, 1.807) is 35.2 Å². The van der Waals surface area contributed by atoms with Gasteiger partial charge >= 0.3 is 0 Å². The number of anilines is 2. The van der Waals surface area contributed by atoms with Gasteiger partial charge in [0, 0.05) is 17.9 Å². The van der Waals surface area contributed by atoms with Crippen LogP contribution in [0, 0.1) is 0 Å². The third-order valence-corrected chi connectivity index (χ3v) is 2.73. The van der Waals surface area contributed by atoms with Gasteiger partial charge in [-0.1, -0.05) is 6.07 Å². The van der Waals surface area contributed by atoms with Crippen molar-refractivity contribution in [3.8, 4) is 0 Å². The third-order valence-electron chi connectivity index (χ3n) is 2.53. The second-order valence-electron chi connectivity index (χ2n) is 3.75. The zero-order valence-electron chi connectivity index (χ0n) is 9.89. The van der Waals surface area contributed by atoms with Gasteiger partial charge in [0.1, 0.15) is 0 Å². The van der Waals surface area contributed by atoms with Crippen molar-refractivity contribution >= 4 is 28.9 Å². The van der Waals surface area contributed by atoms with E-state index in [4.69, 9.17) is 21.8 Å². The van der Waals surface area contributed by atoms with E-state index < -0.39 is 0 Å². The van der Waals surface area contributed by atoms with E-state index in [0.717, 1.165) is 5.69 Å². The van der Waals surface area contributed by atoms with Crippen LogP contribution in [0.15, 0.2) is 40.8 Å². The van der Waals surface area contributed by atoms with Crippen LogP contribution < -0.4 is 10.6 Å². The summed E-state index contributed by atoms with van der Waals surface area (Å²) < 4.78 is 5.12. The average Bonchev–Trinajstić information content (AvgIpc) is 2.77. The molecule has 2 rings (SSSR count). The largest absolute Gasteiger partial charge is 0.440 e. The molecule has 0 spiro atoms. The molecule has 18 heavy (non-hydrogen) atoms. The van der Waals surface area contributed by atoms with Gasteiger partial charge in [-0.05, 0) is 48.9 Å². The number of rotatable bonds is 3. The van der Waals surface area contributed by atoms with Gasteiger partial charge in [-0.2, -0.15) is 0 Å². The molecule has 4 nitrogen and oxygen atoms in total. The summed E-state index contributed by atoms with van der Waals surface area (Å²) >= 11 is 5.67.